The lowest BCUT2D eigenvalue weighted by atomic mass is 10.2. The molecule has 0 atom stereocenters. The van der Waals surface area contributed by atoms with E-state index in [2.05, 4.69) is 15.4 Å². The van der Waals surface area contributed by atoms with Crippen LogP contribution >= 0.6 is 0 Å². The van der Waals surface area contributed by atoms with E-state index in [1.54, 1.807) is 6.07 Å². The molecule has 1 aromatic carbocycles. The lowest BCUT2D eigenvalue weighted by molar-refractivity contribution is 0.629. The topological polar surface area (TPSA) is 63.8 Å². The molecule has 0 bridgehead atoms. The fourth-order valence-electron chi connectivity index (χ4n) is 1.15. The zero-order valence-corrected chi connectivity index (χ0v) is 6.66. The van der Waals surface area contributed by atoms with Gasteiger partial charge in [-0.1, -0.05) is 0 Å². The van der Waals surface area contributed by atoms with Crippen LogP contribution < -0.4 is 11.3 Å². The third-order valence-electron chi connectivity index (χ3n) is 1.74. The molecular formula is C8H7FN4. The summed E-state index contributed by atoms with van der Waals surface area (Å²) in [5.74, 6) is 5.39. The van der Waals surface area contributed by atoms with Gasteiger partial charge in [-0.05, 0) is 12.1 Å². The molecule has 0 aliphatic heterocycles. The number of nitrogens with one attached hydrogen (secondary N) is 1. The van der Waals surface area contributed by atoms with Gasteiger partial charge in [0.1, 0.15) is 12.1 Å². The minimum Gasteiger partial charge on any atom is -0.308 e. The van der Waals surface area contributed by atoms with Gasteiger partial charge >= 0.3 is 0 Å². The lowest BCUT2D eigenvalue weighted by Gasteiger charge is -2.02. The summed E-state index contributed by atoms with van der Waals surface area (Å²) >= 11 is 0. The Morgan fingerprint density at radius 1 is 1.31 bits per heavy atom. The predicted molar refractivity (Wildman–Crippen MR) is 47.3 cm³/mol. The zero-order chi connectivity index (χ0) is 9.26. The molecule has 0 radical (unpaired) electrons. The van der Waals surface area contributed by atoms with Crippen molar-refractivity contribution in [3.63, 3.8) is 0 Å². The molecule has 0 fully saturated rings. The van der Waals surface area contributed by atoms with E-state index in [9.17, 15) is 4.39 Å². The summed E-state index contributed by atoms with van der Waals surface area (Å²) in [6, 6.07) is 4.25. The van der Waals surface area contributed by atoms with E-state index in [0.29, 0.717) is 16.7 Å². The first-order chi connectivity index (χ1) is 6.31. The Labute approximate surface area is 73.6 Å². The molecule has 1 heterocycles. The van der Waals surface area contributed by atoms with Gasteiger partial charge in [0.15, 0.2) is 5.82 Å². The first-order valence-corrected chi connectivity index (χ1v) is 3.68. The lowest BCUT2D eigenvalue weighted by Crippen LogP contribution is -2.09. The van der Waals surface area contributed by atoms with Crippen LogP contribution in [0.3, 0.4) is 0 Å². The molecule has 4 nitrogen and oxygen atoms in total. The van der Waals surface area contributed by atoms with Crippen molar-refractivity contribution in [2.75, 3.05) is 5.43 Å². The summed E-state index contributed by atoms with van der Waals surface area (Å²) < 4.78 is 12.8. The molecule has 0 saturated carbocycles. The number of fused-ring (bicyclic) bond motifs is 1. The van der Waals surface area contributed by atoms with Gasteiger partial charge in [-0.2, -0.15) is 0 Å². The van der Waals surface area contributed by atoms with E-state index in [1.165, 1.54) is 18.5 Å². The summed E-state index contributed by atoms with van der Waals surface area (Å²) in [4.78, 5) is 7.79. The quantitative estimate of drug-likeness (QED) is 0.506. The minimum atomic E-state index is -0.325. The highest BCUT2D eigenvalue weighted by Gasteiger charge is 2.01. The number of nitrogens with two attached hydrogens (primary N) is 1. The maximum absolute atomic E-state index is 12.8. The second-order valence-electron chi connectivity index (χ2n) is 2.53. The third kappa shape index (κ3) is 1.29. The second kappa shape index (κ2) is 2.95. The van der Waals surface area contributed by atoms with Crippen LogP contribution in [0.4, 0.5) is 10.2 Å². The second-order valence-corrected chi connectivity index (χ2v) is 2.53. The molecule has 1 aromatic heterocycles. The number of nitrogens with zero attached hydrogens (tertiary/aromatic N) is 2. The minimum absolute atomic E-state index is 0.325. The fraction of sp³-hybridized carbons (Fsp3) is 0. The van der Waals surface area contributed by atoms with Crippen molar-refractivity contribution in [3.8, 4) is 0 Å². The van der Waals surface area contributed by atoms with Gasteiger partial charge in [-0.15, -0.1) is 0 Å². The number of hydrogen-bond acceptors (Lipinski definition) is 4. The number of anilines is 1. The van der Waals surface area contributed by atoms with Crippen LogP contribution in [0.1, 0.15) is 0 Å². The van der Waals surface area contributed by atoms with E-state index in [1.807, 2.05) is 0 Å². The first kappa shape index (κ1) is 7.88. The van der Waals surface area contributed by atoms with Crippen molar-refractivity contribution in [3.05, 3.63) is 30.3 Å². The van der Waals surface area contributed by atoms with E-state index in [-0.39, 0.29) is 5.82 Å². The normalized spacial score (nSPS) is 10.3. The molecule has 5 heteroatoms. The number of hydrazine groups is 1. The largest absolute Gasteiger partial charge is 0.308 e. The molecule has 2 rings (SSSR count). The number of aromatic nitrogens is 2. The third-order valence-corrected chi connectivity index (χ3v) is 1.74. The highest BCUT2D eigenvalue weighted by Crippen LogP contribution is 2.18. The van der Waals surface area contributed by atoms with Crippen LogP contribution in [-0.2, 0) is 0 Å². The zero-order valence-electron chi connectivity index (χ0n) is 6.66. The van der Waals surface area contributed by atoms with Gasteiger partial charge in [0.05, 0.1) is 5.52 Å². The molecule has 66 valence electrons. The van der Waals surface area contributed by atoms with Crippen LogP contribution in [0.2, 0.25) is 0 Å². The Hall–Kier alpha value is -1.75. The summed E-state index contributed by atoms with van der Waals surface area (Å²) in [7, 11) is 0. The van der Waals surface area contributed by atoms with Gasteiger partial charge in [0.25, 0.3) is 0 Å². The Kier molecular flexibility index (Phi) is 1.79. The monoisotopic (exact) mass is 178 g/mol. The van der Waals surface area contributed by atoms with Crippen molar-refractivity contribution < 1.29 is 4.39 Å². The van der Waals surface area contributed by atoms with Gasteiger partial charge in [-0.25, -0.2) is 20.2 Å². The summed E-state index contributed by atoms with van der Waals surface area (Å²) in [5, 5.41) is 0.700. The van der Waals surface area contributed by atoms with Crippen molar-refractivity contribution in [2.24, 2.45) is 5.84 Å². The van der Waals surface area contributed by atoms with Crippen molar-refractivity contribution >= 4 is 16.7 Å². The molecule has 0 unspecified atom stereocenters. The summed E-state index contributed by atoms with van der Waals surface area (Å²) in [5.41, 5.74) is 2.95. The number of hydrogen-bond donors (Lipinski definition) is 2. The van der Waals surface area contributed by atoms with Crippen LogP contribution in [0.5, 0.6) is 0 Å². The Balaban J connectivity index is 2.77. The smallest absolute Gasteiger partial charge is 0.151 e. The summed E-state index contributed by atoms with van der Waals surface area (Å²) in [6.45, 7) is 0. The number of nitrogen functional groups attached to an aromatic ring is 1. The standard InChI is InChI=1S/C8H7FN4/c9-5-1-2-6-7(3-5)11-4-12-8(6)13-10/h1-4H,10H2,(H,11,12,13). The van der Waals surface area contributed by atoms with E-state index in [4.69, 9.17) is 5.84 Å². The predicted octanol–water partition coefficient (Wildman–Crippen LogP) is 1.05. The highest BCUT2D eigenvalue weighted by atomic mass is 19.1. The fourth-order valence-corrected chi connectivity index (χ4v) is 1.15. The van der Waals surface area contributed by atoms with Crippen molar-refractivity contribution in [1.29, 1.82) is 0 Å². The molecular weight excluding hydrogens is 171 g/mol. The molecule has 0 aliphatic carbocycles. The maximum atomic E-state index is 12.8. The number of halogens is 1. The van der Waals surface area contributed by atoms with Crippen LogP contribution in [0.15, 0.2) is 24.5 Å². The average Bonchev–Trinajstić information content (AvgIpc) is 2.16. The highest BCUT2D eigenvalue weighted by molar-refractivity contribution is 5.88. The molecule has 0 spiro atoms. The Bertz CT molecular complexity index is 443. The van der Waals surface area contributed by atoms with Crippen LogP contribution in [0, 0.1) is 5.82 Å². The van der Waals surface area contributed by atoms with Gasteiger partial charge in [0.2, 0.25) is 0 Å². The van der Waals surface area contributed by atoms with E-state index in [0.717, 1.165) is 0 Å². The van der Waals surface area contributed by atoms with Gasteiger partial charge < -0.3 is 5.43 Å². The number of rotatable bonds is 1. The van der Waals surface area contributed by atoms with Gasteiger partial charge in [0, 0.05) is 11.5 Å². The average molecular weight is 178 g/mol. The van der Waals surface area contributed by atoms with Crippen LogP contribution in [0.25, 0.3) is 10.9 Å². The Morgan fingerprint density at radius 2 is 2.15 bits per heavy atom. The SMILES string of the molecule is NNc1ncnc2cc(F)ccc12. The molecule has 13 heavy (non-hydrogen) atoms. The van der Waals surface area contributed by atoms with Crippen molar-refractivity contribution in [1.82, 2.24) is 9.97 Å². The maximum Gasteiger partial charge on any atom is 0.151 e. The van der Waals surface area contributed by atoms with Crippen LogP contribution in [-0.4, -0.2) is 9.97 Å². The van der Waals surface area contributed by atoms with E-state index >= 15 is 0 Å². The van der Waals surface area contributed by atoms with Crippen molar-refractivity contribution in [2.45, 2.75) is 0 Å². The Morgan fingerprint density at radius 3 is 2.92 bits per heavy atom. The van der Waals surface area contributed by atoms with E-state index < -0.39 is 0 Å². The molecule has 0 amide bonds. The molecule has 2 aromatic rings. The summed E-state index contributed by atoms with van der Waals surface area (Å²) in [6.07, 6.45) is 1.33. The number of benzene rings is 1. The van der Waals surface area contributed by atoms with Gasteiger partial charge in [-0.3, -0.25) is 0 Å². The molecule has 0 aliphatic rings. The molecule has 0 saturated heterocycles. The first-order valence-electron chi connectivity index (χ1n) is 3.68. The molecule has 3 N–H and O–H groups in total.